The summed E-state index contributed by atoms with van der Waals surface area (Å²) in [6, 6.07) is 2.23. The van der Waals surface area contributed by atoms with Crippen molar-refractivity contribution in [2.24, 2.45) is 5.73 Å². The molecule has 1 atom stereocenters. The second kappa shape index (κ2) is 6.37. The van der Waals surface area contributed by atoms with E-state index in [1.165, 1.54) is 19.2 Å². The summed E-state index contributed by atoms with van der Waals surface area (Å²) >= 11 is 0. The number of carbonyl (C=O) groups excluding carboxylic acids is 1. The lowest BCUT2D eigenvalue weighted by Crippen LogP contribution is -2.37. The van der Waals surface area contributed by atoms with Gasteiger partial charge in [0.05, 0.1) is 6.04 Å². The highest BCUT2D eigenvalue weighted by Crippen LogP contribution is 2.17. The second-order valence-electron chi connectivity index (χ2n) is 3.91. The first kappa shape index (κ1) is 15.2. The molecule has 0 aliphatic rings. The molecule has 0 saturated carbocycles. The van der Waals surface area contributed by atoms with E-state index in [0.29, 0.717) is 5.56 Å². The van der Waals surface area contributed by atoms with Crippen LogP contribution < -0.4 is 15.8 Å². The fourth-order valence-electron chi connectivity index (χ4n) is 1.15. The van der Waals surface area contributed by atoms with Crippen LogP contribution in [-0.4, -0.2) is 29.7 Å². The van der Waals surface area contributed by atoms with Gasteiger partial charge in [-0.2, -0.15) is 13.2 Å². The van der Waals surface area contributed by atoms with Crippen molar-refractivity contribution in [1.29, 1.82) is 0 Å². The molecule has 106 valence electrons. The fourth-order valence-corrected chi connectivity index (χ4v) is 1.15. The molecule has 1 rings (SSSR count). The number of rotatable bonds is 5. The van der Waals surface area contributed by atoms with Crippen molar-refractivity contribution >= 4 is 5.91 Å². The molecule has 0 aliphatic carbocycles. The number of aromatic nitrogens is 1. The van der Waals surface area contributed by atoms with E-state index in [1.807, 2.05) is 0 Å². The summed E-state index contributed by atoms with van der Waals surface area (Å²) in [6.07, 6.45) is -3.11. The van der Waals surface area contributed by atoms with Gasteiger partial charge in [-0.25, -0.2) is 4.98 Å². The van der Waals surface area contributed by atoms with Gasteiger partial charge in [-0.15, -0.1) is 0 Å². The number of alkyl halides is 3. The Morgan fingerprint density at radius 2 is 2.26 bits per heavy atom. The van der Waals surface area contributed by atoms with Gasteiger partial charge in [-0.3, -0.25) is 4.79 Å². The highest BCUT2D eigenvalue weighted by Gasteiger charge is 2.28. The Morgan fingerprint density at radius 1 is 1.58 bits per heavy atom. The summed E-state index contributed by atoms with van der Waals surface area (Å²) in [5.41, 5.74) is 5.92. The quantitative estimate of drug-likeness (QED) is 0.841. The van der Waals surface area contributed by atoms with Crippen molar-refractivity contribution in [3.8, 4) is 5.88 Å². The van der Waals surface area contributed by atoms with Crippen LogP contribution in [-0.2, 0) is 11.3 Å². The number of ether oxygens (including phenoxy) is 1. The van der Waals surface area contributed by atoms with Crippen molar-refractivity contribution in [2.45, 2.75) is 25.7 Å². The Hall–Kier alpha value is -1.83. The van der Waals surface area contributed by atoms with E-state index in [1.54, 1.807) is 6.07 Å². The minimum atomic E-state index is -4.42. The van der Waals surface area contributed by atoms with Crippen molar-refractivity contribution < 1.29 is 22.7 Å². The lowest BCUT2D eigenvalue weighted by molar-refractivity contribution is -0.154. The Morgan fingerprint density at radius 3 is 2.84 bits per heavy atom. The molecule has 0 aromatic carbocycles. The number of hydrogen-bond donors (Lipinski definition) is 2. The first-order chi connectivity index (χ1) is 8.78. The first-order valence-electron chi connectivity index (χ1n) is 5.46. The van der Waals surface area contributed by atoms with Crippen LogP contribution in [0.2, 0.25) is 0 Å². The van der Waals surface area contributed by atoms with Crippen LogP contribution >= 0.6 is 0 Å². The van der Waals surface area contributed by atoms with Gasteiger partial charge in [0.25, 0.3) is 0 Å². The first-order valence-corrected chi connectivity index (χ1v) is 5.46. The number of amides is 1. The average Bonchev–Trinajstić information content (AvgIpc) is 2.33. The highest BCUT2D eigenvalue weighted by atomic mass is 19.4. The van der Waals surface area contributed by atoms with Crippen LogP contribution in [0.3, 0.4) is 0 Å². The Bertz CT molecular complexity index is 435. The van der Waals surface area contributed by atoms with Gasteiger partial charge in [0.15, 0.2) is 6.61 Å². The van der Waals surface area contributed by atoms with Crippen LogP contribution in [0.4, 0.5) is 13.2 Å². The molecule has 0 radical (unpaired) electrons. The Balaban J connectivity index is 2.55. The van der Waals surface area contributed by atoms with E-state index in [-0.39, 0.29) is 18.3 Å². The second-order valence-corrected chi connectivity index (χ2v) is 3.91. The maximum Gasteiger partial charge on any atom is 0.422 e. The molecule has 0 spiro atoms. The molecule has 5 nitrogen and oxygen atoms in total. The minimum absolute atomic E-state index is 0.144. The molecular formula is C11H14F3N3O2. The average molecular weight is 277 g/mol. The maximum atomic E-state index is 12.0. The van der Waals surface area contributed by atoms with Crippen molar-refractivity contribution in [3.05, 3.63) is 23.9 Å². The summed E-state index contributed by atoms with van der Waals surface area (Å²) in [5, 5.41) is 2.53. The van der Waals surface area contributed by atoms with Gasteiger partial charge in [0.2, 0.25) is 11.8 Å². The van der Waals surface area contributed by atoms with Crippen molar-refractivity contribution in [1.82, 2.24) is 10.3 Å². The normalized spacial score (nSPS) is 12.9. The van der Waals surface area contributed by atoms with Crippen LogP contribution in [0, 0.1) is 0 Å². The number of nitrogens with one attached hydrogen (secondary N) is 1. The number of pyridine rings is 1. The molecule has 19 heavy (non-hydrogen) atoms. The number of hydrogen-bond acceptors (Lipinski definition) is 4. The molecule has 8 heteroatoms. The summed E-state index contributed by atoms with van der Waals surface area (Å²) in [7, 11) is 0. The van der Waals surface area contributed by atoms with Gasteiger partial charge < -0.3 is 15.8 Å². The summed E-state index contributed by atoms with van der Waals surface area (Å²) in [4.78, 5) is 14.9. The van der Waals surface area contributed by atoms with Crippen LogP contribution in [0.25, 0.3) is 0 Å². The summed E-state index contributed by atoms with van der Waals surface area (Å²) in [6.45, 7) is 0.265. The van der Waals surface area contributed by atoms with Crippen LogP contribution in [0.5, 0.6) is 5.88 Å². The van der Waals surface area contributed by atoms with Crippen LogP contribution in [0.15, 0.2) is 18.3 Å². The van der Waals surface area contributed by atoms with Gasteiger partial charge in [-0.05, 0) is 18.6 Å². The molecule has 0 unspecified atom stereocenters. The molecule has 1 aromatic rings. The minimum Gasteiger partial charge on any atom is -0.468 e. The van der Waals surface area contributed by atoms with E-state index in [4.69, 9.17) is 5.73 Å². The number of nitrogens with zero attached hydrogens (tertiary/aromatic N) is 1. The van der Waals surface area contributed by atoms with Gasteiger partial charge >= 0.3 is 6.18 Å². The maximum absolute atomic E-state index is 12.0. The molecule has 0 saturated heterocycles. The number of nitrogens with two attached hydrogens (primary N) is 1. The largest absolute Gasteiger partial charge is 0.468 e. The third kappa shape index (κ3) is 6.05. The van der Waals surface area contributed by atoms with E-state index in [2.05, 4.69) is 15.0 Å². The molecule has 1 heterocycles. The van der Waals surface area contributed by atoms with Gasteiger partial charge in [-0.1, -0.05) is 0 Å². The van der Waals surface area contributed by atoms with E-state index >= 15 is 0 Å². The monoisotopic (exact) mass is 277 g/mol. The fraction of sp³-hybridized carbons (Fsp3) is 0.455. The zero-order valence-electron chi connectivity index (χ0n) is 10.2. The number of halogens is 3. The standard InChI is InChI=1S/C11H14F3N3O2/c1-7(15)10(18)17-5-8-2-3-16-9(4-8)19-6-11(12,13)14/h2-4,7H,5-6,15H2,1H3,(H,17,18)/t7-/m1/s1. The van der Waals surface area contributed by atoms with E-state index < -0.39 is 18.8 Å². The van der Waals surface area contributed by atoms with Gasteiger partial charge in [0.1, 0.15) is 0 Å². The molecule has 3 N–H and O–H groups in total. The third-order valence-electron chi connectivity index (χ3n) is 2.06. The number of carbonyl (C=O) groups is 1. The van der Waals surface area contributed by atoms with Crippen molar-refractivity contribution in [3.63, 3.8) is 0 Å². The molecule has 0 fully saturated rings. The van der Waals surface area contributed by atoms with E-state index in [9.17, 15) is 18.0 Å². The lowest BCUT2D eigenvalue weighted by Gasteiger charge is -2.10. The highest BCUT2D eigenvalue weighted by molar-refractivity contribution is 5.80. The molecule has 0 aliphatic heterocycles. The zero-order chi connectivity index (χ0) is 14.5. The zero-order valence-corrected chi connectivity index (χ0v) is 10.2. The van der Waals surface area contributed by atoms with Crippen LogP contribution in [0.1, 0.15) is 12.5 Å². The predicted molar refractivity (Wildman–Crippen MR) is 61.3 cm³/mol. The molecule has 0 bridgehead atoms. The Labute approximate surface area is 108 Å². The summed E-state index contributed by atoms with van der Waals surface area (Å²) < 4.78 is 40.4. The van der Waals surface area contributed by atoms with Gasteiger partial charge in [0, 0.05) is 18.8 Å². The Kier molecular flexibility index (Phi) is 5.11. The predicted octanol–water partition coefficient (Wildman–Crippen LogP) is 0.986. The SMILES string of the molecule is C[C@@H](N)C(=O)NCc1ccnc(OCC(F)(F)F)c1. The topological polar surface area (TPSA) is 77.2 Å². The lowest BCUT2D eigenvalue weighted by atomic mass is 10.2. The third-order valence-corrected chi connectivity index (χ3v) is 2.06. The van der Waals surface area contributed by atoms with Crippen molar-refractivity contribution in [2.75, 3.05) is 6.61 Å². The molecule has 1 amide bonds. The molecular weight excluding hydrogens is 263 g/mol. The smallest absolute Gasteiger partial charge is 0.422 e. The molecule has 1 aromatic heterocycles. The van der Waals surface area contributed by atoms with E-state index in [0.717, 1.165) is 0 Å². The summed E-state index contributed by atoms with van der Waals surface area (Å²) in [5.74, 6) is -0.501.